The van der Waals surface area contributed by atoms with E-state index in [2.05, 4.69) is 31.2 Å². The fourth-order valence-corrected chi connectivity index (χ4v) is 3.26. The average Bonchev–Trinajstić information content (AvgIpc) is 2.99. The molecule has 2 aromatic heterocycles. The van der Waals surface area contributed by atoms with E-state index in [4.69, 9.17) is 9.15 Å². The fourth-order valence-electron chi connectivity index (χ4n) is 2.90. The predicted octanol–water partition coefficient (Wildman–Crippen LogP) is 5.45. The molecular weight excluding hydrogens is 438 g/mol. The summed E-state index contributed by atoms with van der Waals surface area (Å²) in [6.07, 6.45) is -0.534. The van der Waals surface area contributed by atoms with Gasteiger partial charge in [-0.3, -0.25) is 10.1 Å². The maximum atomic E-state index is 12.5. The molecule has 0 saturated carbocycles. The second-order valence-corrected chi connectivity index (χ2v) is 8.45. The molecule has 0 bridgehead atoms. The summed E-state index contributed by atoms with van der Waals surface area (Å²) in [5.41, 5.74) is 1.61. The van der Waals surface area contributed by atoms with Crippen molar-refractivity contribution in [3.63, 3.8) is 0 Å². The van der Waals surface area contributed by atoms with E-state index < -0.39 is 11.7 Å². The molecule has 0 aliphatic rings. The van der Waals surface area contributed by atoms with Crippen molar-refractivity contribution in [3.05, 3.63) is 57.3 Å². The number of nitrogens with zero attached hydrogens (tertiary/aromatic N) is 1. The second kappa shape index (κ2) is 7.04. The quantitative estimate of drug-likeness (QED) is 0.418. The number of aromatic nitrogens is 2. The van der Waals surface area contributed by atoms with Gasteiger partial charge in [-0.15, -0.1) is 0 Å². The van der Waals surface area contributed by atoms with Gasteiger partial charge in [0, 0.05) is 21.1 Å². The lowest BCUT2D eigenvalue weighted by Gasteiger charge is -2.19. The van der Waals surface area contributed by atoms with E-state index in [0.717, 1.165) is 9.86 Å². The van der Waals surface area contributed by atoms with Crippen LogP contribution < -0.4 is 10.9 Å². The Morgan fingerprint density at radius 3 is 2.59 bits per heavy atom. The summed E-state index contributed by atoms with van der Waals surface area (Å²) in [6.45, 7) is 5.39. The van der Waals surface area contributed by atoms with Crippen LogP contribution in [0.25, 0.3) is 33.5 Å². The standard InChI is InChI=1S/C21H18BrN3O4/c1-21(2,3)29-20(27)23-13-7-4-11(5-8-13)18-24-16-14-10-12(22)6-9-15(14)28-17(16)19(26)25-18/h4-10H,1-3H3,(H,23,27)(H,24,25,26). The molecule has 2 N–H and O–H groups in total. The van der Waals surface area contributed by atoms with Gasteiger partial charge in [-0.1, -0.05) is 15.9 Å². The molecule has 4 aromatic rings. The summed E-state index contributed by atoms with van der Waals surface area (Å²) in [5.74, 6) is 0.411. The molecular formula is C21H18BrN3O4. The Kier molecular flexibility index (Phi) is 4.66. The van der Waals surface area contributed by atoms with Gasteiger partial charge in [0.25, 0.3) is 5.56 Å². The topological polar surface area (TPSA) is 97.2 Å². The number of amides is 1. The summed E-state index contributed by atoms with van der Waals surface area (Å²) < 4.78 is 11.8. The Bertz CT molecular complexity index is 1280. The number of carbonyl (C=O) groups is 1. The Balaban J connectivity index is 1.68. The summed E-state index contributed by atoms with van der Waals surface area (Å²) in [6, 6.07) is 12.4. The van der Waals surface area contributed by atoms with Crippen LogP contribution >= 0.6 is 15.9 Å². The number of ether oxygens (including phenoxy) is 1. The number of benzene rings is 2. The normalized spacial score (nSPS) is 11.7. The zero-order valence-corrected chi connectivity index (χ0v) is 17.6. The van der Waals surface area contributed by atoms with E-state index in [0.29, 0.717) is 28.2 Å². The van der Waals surface area contributed by atoms with Crippen LogP contribution in [0.5, 0.6) is 0 Å². The van der Waals surface area contributed by atoms with Crippen molar-refractivity contribution in [1.29, 1.82) is 0 Å². The molecule has 0 unspecified atom stereocenters. The van der Waals surface area contributed by atoms with Gasteiger partial charge in [-0.25, -0.2) is 9.78 Å². The van der Waals surface area contributed by atoms with Crippen LogP contribution in [0.2, 0.25) is 0 Å². The van der Waals surface area contributed by atoms with Gasteiger partial charge in [-0.05, 0) is 63.2 Å². The van der Waals surface area contributed by atoms with Crippen molar-refractivity contribution in [2.45, 2.75) is 26.4 Å². The van der Waals surface area contributed by atoms with E-state index in [1.165, 1.54) is 0 Å². The predicted molar refractivity (Wildman–Crippen MR) is 115 cm³/mol. The highest BCUT2D eigenvalue weighted by Gasteiger charge is 2.17. The number of furan rings is 1. The van der Waals surface area contributed by atoms with Crippen molar-refractivity contribution in [3.8, 4) is 11.4 Å². The lowest BCUT2D eigenvalue weighted by molar-refractivity contribution is 0.0636. The van der Waals surface area contributed by atoms with E-state index in [1.54, 1.807) is 51.1 Å². The molecule has 0 fully saturated rings. The third-order valence-electron chi connectivity index (χ3n) is 4.09. The fraction of sp³-hybridized carbons (Fsp3) is 0.190. The summed E-state index contributed by atoms with van der Waals surface area (Å²) in [4.78, 5) is 31.7. The molecule has 0 saturated heterocycles. The number of carbonyl (C=O) groups excluding carboxylic acids is 1. The van der Waals surface area contributed by atoms with Gasteiger partial charge in [0.15, 0.2) is 0 Å². The van der Waals surface area contributed by atoms with E-state index in [-0.39, 0.29) is 11.1 Å². The molecule has 148 valence electrons. The molecule has 29 heavy (non-hydrogen) atoms. The Morgan fingerprint density at radius 2 is 1.90 bits per heavy atom. The molecule has 1 amide bonds. The summed E-state index contributed by atoms with van der Waals surface area (Å²) in [5, 5.41) is 3.43. The number of hydrogen-bond donors (Lipinski definition) is 2. The van der Waals surface area contributed by atoms with Crippen molar-refractivity contribution < 1.29 is 13.9 Å². The van der Waals surface area contributed by atoms with Gasteiger partial charge < -0.3 is 14.1 Å². The van der Waals surface area contributed by atoms with E-state index in [1.807, 2.05) is 12.1 Å². The number of H-pyrrole nitrogens is 1. The smallest absolute Gasteiger partial charge is 0.412 e. The molecule has 8 heteroatoms. The first-order chi connectivity index (χ1) is 13.7. The summed E-state index contributed by atoms with van der Waals surface area (Å²) >= 11 is 3.43. The first-order valence-electron chi connectivity index (χ1n) is 8.92. The molecule has 0 radical (unpaired) electrons. The Hall–Kier alpha value is -3.13. The number of rotatable bonds is 2. The van der Waals surface area contributed by atoms with Crippen LogP contribution in [-0.2, 0) is 4.74 Å². The van der Waals surface area contributed by atoms with Crippen molar-refractivity contribution in [1.82, 2.24) is 9.97 Å². The number of nitrogens with one attached hydrogen (secondary N) is 2. The van der Waals surface area contributed by atoms with Crippen molar-refractivity contribution >= 4 is 49.8 Å². The molecule has 0 aliphatic carbocycles. The highest BCUT2D eigenvalue weighted by molar-refractivity contribution is 9.10. The van der Waals surface area contributed by atoms with Crippen LogP contribution in [0.1, 0.15) is 20.8 Å². The Morgan fingerprint density at radius 1 is 1.17 bits per heavy atom. The minimum absolute atomic E-state index is 0.185. The zero-order valence-electron chi connectivity index (χ0n) is 16.0. The second-order valence-electron chi connectivity index (χ2n) is 7.54. The SMILES string of the molecule is CC(C)(C)OC(=O)Nc1ccc(-c2nc3c(oc4ccc(Br)cc43)c(=O)[nH]2)cc1. The van der Waals surface area contributed by atoms with Gasteiger partial charge in [0.2, 0.25) is 5.58 Å². The number of anilines is 1. The number of aromatic amines is 1. The van der Waals surface area contributed by atoms with Crippen molar-refractivity contribution in [2.75, 3.05) is 5.32 Å². The first-order valence-corrected chi connectivity index (χ1v) is 9.71. The number of halogens is 1. The highest BCUT2D eigenvalue weighted by Crippen LogP contribution is 2.29. The maximum absolute atomic E-state index is 12.5. The van der Waals surface area contributed by atoms with Gasteiger partial charge in [0.05, 0.1) is 0 Å². The van der Waals surface area contributed by atoms with Crippen LogP contribution in [-0.4, -0.2) is 21.7 Å². The van der Waals surface area contributed by atoms with Crippen LogP contribution in [0, 0.1) is 0 Å². The monoisotopic (exact) mass is 455 g/mol. The first kappa shape index (κ1) is 19.2. The van der Waals surface area contributed by atoms with Gasteiger partial charge >= 0.3 is 6.09 Å². The molecule has 4 rings (SSSR count). The highest BCUT2D eigenvalue weighted by atomic mass is 79.9. The average molecular weight is 456 g/mol. The maximum Gasteiger partial charge on any atom is 0.412 e. The summed E-state index contributed by atoms with van der Waals surface area (Å²) in [7, 11) is 0. The largest absolute Gasteiger partial charge is 0.449 e. The zero-order chi connectivity index (χ0) is 20.8. The number of hydrogen-bond acceptors (Lipinski definition) is 5. The number of fused-ring (bicyclic) bond motifs is 3. The molecule has 2 heterocycles. The molecule has 7 nitrogen and oxygen atoms in total. The Labute approximate surface area is 174 Å². The molecule has 0 spiro atoms. The lowest BCUT2D eigenvalue weighted by atomic mass is 10.2. The van der Waals surface area contributed by atoms with Gasteiger partial charge in [-0.2, -0.15) is 0 Å². The van der Waals surface area contributed by atoms with Crippen molar-refractivity contribution in [2.24, 2.45) is 0 Å². The lowest BCUT2D eigenvalue weighted by Crippen LogP contribution is -2.27. The third-order valence-corrected chi connectivity index (χ3v) is 4.58. The van der Waals surface area contributed by atoms with Crippen LogP contribution in [0.15, 0.2) is 56.1 Å². The molecule has 2 aromatic carbocycles. The van der Waals surface area contributed by atoms with E-state index in [9.17, 15) is 9.59 Å². The minimum atomic E-state index is -0.578. The van der Waals surface area contributed by atoms with E-state index >= 15 is 0 Å². The minimum Gasteiger partial charge on any atom is -0.449 e. The van der Waals surface area contributed by atoms with Gasteiger partial charge in [0.1, 0.15) is 22.5 Å². The van der Waals surface area contributed by atoms with Crippen LogP contribution in [0.4, 0.5) is 10.5 Å². The molecule has 0 atom stereocenters. The van der Waals surface area contributed by atoms with Crippen LogP contribution in [0.3, 0.4) is 0 Å². The molecule has 0 aliphatic heterocycles. The third kappa shape index (κ3) is 4.02.